The van der Waals surface area contributed by atoms with Gasteiger partial charge in [0.05, 0.1) is 12.2 Å². The molecule has 0 heterocycles. The molecule has 0 bridgehead atoms. The number of carbonyl (C=O) groups is 3. The van der Waals surface area contributed by atoms with Gasteiger partial charge in [-0.15, -0.1) is 0 Å². The van der Waals surface area contributed by atoms with Crippen LogP contribution in [0.15, 0.2) is 47.6 Å². The van der Waals surface area contributed by atoms with E-state index in [2.05, 4.69) is 6.92 Å². The minimum Gasteiger partial charge on any atom is -0.494 e. The molecule has 0 fully saturated rings. The maximum absolute atomic E-state index is 12.5. The first-order valence-corrected chi connectivity index (χ1v) is 8.49. The number of ether oxygens (including phenoxy) is 1. The molecular weight excluding hydrogens is 320 g/mol. The Hall–Kier alpha value is -2.69. The van der Waals surface area contributed by atoms with Crippen LogP contribution in [-0.2, 0) is 9.59 Å². The fourth-order valence-corrected chi connectivity index (χ4v) is 2.58. The second kappa shape index (κ2) is 8.97. The Morgan fingerprint density at radius 3 is 2.44 bits per heavy atom. The molecule has 1 aliphatic carbocycles. The monoisotopic (exact) mass is 342 g/mol. The van der Waals surface area contributed by atoms with Crippen LogP contribution >= 0.6 is 0 Å². The topological polar surface area (TPSA) is 80.7 Å². The quantitative estimate of drug-likeness (QED) is 0.546. The minimum atomic E-state index is -1.21. The second-order valence-corrected chi connectivity index (χ2v) is 5.91. The molecule has 0 radical (unpaired) electrons. The molecule has 0 aliphatic heterocycles. The Balaban J connectivity index is 2.03. The van der Waals surface area contributed by atoms with Gasteiger partial charge in [-0.05, 0) is 36.8 Å². The number of hydrogen-bond donors (Lipinski definition) is 1. The first-order valence-electron chi connectivity index (χ1n) is 8.49. The van der Waals surface area contributed by atoms with Crippen LogP contribution in [0.3, 0.4) is 0 Å². The number of unbranched alkanes of at least 4 members (excludes halogenated alkanes) is 3. The summed E-state index contributed by atoms with van der Waals surface area (Å²) in [4.78, 5) is 35.3. The molecule has 25 heavy (non-hydrogen) atoms. The lowest BCUT2D eigenvalue weighted by molar-refractivity contribution is -0.132. The van der Waals surface area contributed by atoms with Gasteiger partial charge in [-0.1, -0.05) is 32.3 Å². The smallest absolute Gasteiger partial charge is 0.336 e. The molecule has 0 atom stereocenters. The van der Waals surface area contributed by atoms with Crippen LogP contribution in [0.25, 0.3) is 0 Å². The van der Waals surface area contributed by atoms with Gasteiger partial charge in [0.25, 0.3) is 0 Å². The third-order valence-electron chi connectivity index (χ3n) is 3.96. The summed E-state index contributed by atoms with van der Waals surface area (Å²) in [7, 11) is 0. The molecule has 5 nitrogen and oxygen atoms in total. The summed E-state index contributed by atoms with van der Waals surface area (Å²) < 4.78 is 5.62. The van der Waals surface area contributed by atoms with Crippen molar-refractivity contribution >= 4 is 17.5 Å². The van der Waals surface area contributed by atoms with Crippen molar-refractivity contribution < 1.29 is 24.2 Å². The first kappa shape index (κ1) is 18.6. The average molecular weight is 342 g/mol. The summed E-state index contributed by atoms with van der Waals surface area (Å²) in [6.45, 7) is 2.77. The molecule has 5 heteroatoms. The predicted octanol–water partition coefficient (Wildman–Crippen LogP) is 3.74. The van der Waals surface area contributed by atoms with E-state index < -0.39 is 11.8 Å². The largest absolute Gasteiger partial charge is 0.494 e. The lowest BCUT2D eigenvalue weighted by atomic mass is 9.91. The Morgan fingerprint density at radius 1 is 1.08 bits per heavy atom. The van der Waals surface area contributed by atoms with Crippen LogP contribution in [0.4, 0.5) is 0 Å². The van der Waals surface area contributed by atoms with Crippen LogP contribution in [0.1, 0.15) is 49.4 Å². The van der Waals surface area contributed by atoms with Crippen LogP contribution in [-0.4, -0.2) is 29.2 Å². The maximum atomic E-state index is 12.5. The summed E-state index contributed by atoms with van der Waals surface area (Å²) >= 11 is 0. The SMILES string of the molecule is CCCCCCOc1ccc(C(=O)C2=CC(=O)CC=C2C(=O)O)cc1. The lowest BCUT2D eigenvalue weighted by Crippen LogP contribution is -2.17. The average Bonchev–Trinajstić information content (AvgIpc) is 2.61. The third kappa shape index (κ3) is 5.14. The van der Waals surface area contributed by atoms with E-state index in [0.717, 1.165) is 18.9 Å². The number of rotatable bonds is 9. The minimum absolute atomic E-state index is 0.00320. The molecule has 0 unspecified atom stereocenters. The molecule has 0 saturated heterocycles. The molecule has 1 aliphatic rings. The molecule has 0 aromatic heterocycles. The molecule has 1 aromatic rings. The number of Topliss-reactive ketones (excluding diaryl/α,β-unsaturated/α-hetero) is 1. The Kier molecular flexibility index (Phi) is 6.69. The van der Waals surface area contributed by atoms with Crippen molar-refractivity contribution in [2.75, 3.05) is 6.61 Å². The Labute approximate surface area is 147 Å². The zero-order valence-electron chi connectivity index (χ0n) is 14.3. The van der Waals surface area contributed by atoms with Crippen molar-refractivity contribution in [1.29, 1.82) is 0 Å². The van der Waals surface area contributed by atoms with E-state index in [1.54, 1.807) is 24.3 Å². The van der Waals surface area contributed by atoms with Crippen molar-refractivity contribution in [2.45, 2.75) is 39.0 Å². The number of aliphatic carboxylic acids is 1. The summed E-state index contributed by atoms with van der Waals surface area (Å²) in [6.07, 6.45) is 6.86. The zero-order valence-corrected chi connectivity index (χ0v) is 14.3. The molecule has 1 N–H and O–H groups in total. The van der Waals surface area contributed by atoms with E-state index in [9.17, 15) is 19.5 Å². The van der Waals surface area contributed by atoms with E-state index in [1.165, 1.54) is 18.9 Å². The molecule has 1 aromatic carbocycles. The molecule has 2 rings (SSSR count). The first-order chi connectivity index (χ1) is 12.0. The molecule has 0 saturated carbocycles. The summed E-state index contributed by atoms with van der Waals surface area (Å²) in [6, 6.07) is 6.54. The highest BCUT2D eigenvalue weighted by Gasteiger charge is 2.25. The summed E-state index contributed by atoms with van der Waals surface area (Å²) in [5.41, 5.74) is 0.129. The predicted molar refractivity (Wildman–Crippen MR) is 93.8 cm³/mol. The van der Waals surface area contributed by atoms with E-state index in [0.29, 0.717) is 17.9 Å². The van der Waals surface area contributed by atoms with E-state index in [-0.39, 0.29) is 23.4 Å². The van der Waals surface area contributed by atoms with Gasteiger partial charge in [-0.2, -0.15) is 0 Å². The third-order valence-corrected chi connectivity index (χ3v) is 3.96. The Morgan fingerprint density at radius 2 is 1.80 bits per heavy atom. The maximum Gasteiger partial charge on any atom is 0.336 e. The number of carboxylic acid groups (broad SMARTS) is 1. The highest BCUT2D eigenvalue weighted by Crippen LogP contribution is 2.23. The van der Waals surface area contributed by atoms with Gasteiger partial charge in [0, 0.05) is 17.6 Å². The molecule has 0 amide bonds. The number of carboxylic acids is 1. The van der Waals surface area contributed by atoms with Crippen molar-refractivity contribution in [1.82, 2.24) is 0 Å². The van der Waals surface area contributed by atoms with Crippen molar-refractivity contribution in [3.05, 3.63) is 53.1 Å². The highest BCUT2D eigenvalue weighted by molar-refractivity contribution is 6.21. The van der Waals surface area contributed by atoms with Crippen molar-refractivity contribution in [3.8, 4) is 5.75 Å². The fourth-order valence-electron chi connectivity index (χ4n) is 2.58. The number of benzene rings is 1. The fraction of sp³-hybridized carbons (Fsp3) is 0.350. The van der Waals surface area contributed by atoms with Gasteiger partial charge in [-0.25, -0.2) is 4.79 Å². The number of hydrogen-bond acceptors (Lipinski definition) is 4. The van der Waals surface area contributed by atoms with Gasteiger partial charge in [0.1, 0.15) is 5.75 Å². The Bertz CT molecular complexity index is 710. The van der Waals surface area contributed by atoms with Crippen molar-refractivity contribution in [3.63, 3.8) is 0 Å². The van der Waals surface area contributed by atoms with Gasteiger partial charge < -0.3 is 9.84 Å². The van der Waals surface area contributed by atoms with E-state index in [4.69, 9.17) is 4.74 Å². The van der Waals surface area contributed by atoms with Crippen LogP contribution in [0.2, 0.25) is 0 Å². The standard InChI is InChI=1S/C20H22O5/c1-2-3-4-5-12-25-16-9-6-14(7-10-16)19(22)18-13-15(21)8-11-17(18)20(23)24/h6-7,9-11,13H,2-5,8,12H2,1H3,(H,23,24). The van der Waals surface area contributed by atoms with Crippen LogP contribution < -0.4 is 4.74 Å². The number of allylic oxidation sites excluding steroid dienone is 2. The van der Waals surface area contributed by atoms with Crippen LogP contribution in [0.5, 0.6) is 5.75 Å². The van der Waals surface area contributed by atoms with Gasteiger partial charge in [0.2, 0.25) is 0 Å². The second-order valence-electron chi connectivity index (χ2n) is 5.91. The lowest BCUT2D eigenvalue weighted by Gasteiger charge is -2.12. The normalized spacial score (nSPS) is 13.9. The van der Waals surface area contributed by atoms with E-state index >= 15 is 0 Å². The molecule has 132 valence electrons. The van der Waals surface area contributed by atoms with Crippen LogP contribution in [0, 0.1) is 0 Å². The molecule has 0 spiro atoms. The number of ketones is 2. The van der Waals surface area contributed by atoms with Gasteiger partial charge in [-0.3, -0.25) is 9.59 Å². The van der Waals surface area contributed by atoms with Gasteiger partial charge in [0.15, 0.2) is 11.6 Å². The molecular formula is C20H22O5. The highest BCUT2D eigenvalue weighted by atomic mass is 16.5. The van der Waals surface area contributed by atoms with Crippen molar-refractivity contribution in [2.24, 2.45) is 0 Å². The summed E-state index contributed by atoms with van der Waals surface area (Å²) in [5, 5.41) is 9.20. The van der Waals surface area contributed by atoms with E-state index in [1.807, 2.05) is 0 Å². The number of carbonyl (C=O) groups excluding carboxylic acids is 2. The summed E-state index contributed by atoms with van der Waals surface area (Å²) in [5.74, 6) is -1.30. The van der Waals surface area contributed by atoms with Gasteiger partial charge >= 0.3 is 5.97 Å². The zero-order chi connectivity index (χ0) is 18.2.